The molecular weight excluding hydrogens is 280 g/mol. The third-order valence-electron chi connectivity index (χ3n) is 2.84. The van der Waals surface area contributed by atoms with Crippen LogP contribution in [-0.2, 0) is 6.54 Å². The minimum atomic E-state index is -0.478. The Morgan fingerprint density at radius 3 is 2.90 bits per heavy atom. The van der Waals surface area contributed by atoms with Crippen LogP contribution in [-0.4, -0.2) is 26.8 Å². The van der Waals surface area contributed by atoms with Crippen LogP contribution in [0.3, 0.4) is 0 Å². The van der Waals surface area contributed by atoms with Crippen molar-refractivity contribution in [3.63, 3.8) is 0 Å². The van der Waals surface area contributed by atoms with Gasteiger partial charge in [0.05, 0.1) is 12.0 Å². The van der Waals surface area contributed by atoms with E-state index in [1.54, 1.807) is 12.1 Å². The first-order valence-electron chi connectivity index (χ1n) is 6.06. The summed E-state index contributed by atoms with van der Waals surface area (Å²) in [5.74, 6) is 0.803. The highest BCUT2D eigenvalue weighted by molar-refractivity contribution is 7.71. The third kappa shape index (κ3) is 2.55. The summed E-state index contributed by atoms with van der Waals surface area (Å²) in [5, 5.41) is 17.9. The summed E-state index contributed by atoms with van der Waals surface area (Å²) < 4.78 is 7.30. The van der Waals surface area contributed by atoms with E-state index in [0.717, 1.165) is 6.42 Å². The van der Waals surface area contributed by atoms with Gasteiger partial charge < -0.3 is 9.30 Å². The van der Waals surface area contributed by atoms with Crippen LogP contribution >= 0.6 is 12.2 Å². The molecule has 0 atom stereocenters. The van der Waals surface area contributed by atoms with Gasteiger partial charge in [-0.25, -0.2) is 0 Å². The van der Waals surface area contributed by atoms with E-state index in [0.29, 0.717) is 22.7 Å². The number of aromatic amines is 1. The predicted molar refractivity (Wildman–Crippen MR) is 76.3 cm³/mol. The molecule has 1 heterocycles. The lowest BCUT2D eigenvalue weighted by Crippen LogP contribution is -2.01. The normalized spacial score (nSPS) is 10.5. The quantitative estimate of drug-likeness (QED) is 0.520. The van der Waals surface area contributed by atoms with E-state index in [-0.39, 0.29) is 11.4 Å². The number of hydrogen-bond donors (Lipinski definition) is 1. The van der Waals surface area contributed by atoms with Crippen molar-refractivity contribution in [2.45, 2.75) is 19.9 Å². The molecule has 0 saturated carbocycles. The molecule has 0 fully saturated rings. The number of hydrogen-bond acceptors (Lipinski definition) is 5. The molecule has 1 aromatic carbocycles. The average Bonchev–Trinajstić information content (AvgIpc) is 2.80. The van der Waals surface area contributed by atoms with Gasteiger partial charge in [0.15, 0.2) is 16.3 Å². The van der Waals surface area contributed by atoms with E-state index in [1.165, 1.54) is 13.2 Å². The Labute approximate surface area is 120 Å². The predicted octanol–water partition coefficient (Wildman–Crippen LogP) is 2.93. The van der Waals surface area contributed by atoms with E-state index < -0.39 is 4.92 Å². The number of nitro benzene ring substituents is 1. The first kappa shape index (κ1) is 14.2. The highest BCUT2D eigenvalue weighted by Gasteiger charge is 2.18. The maximum atomic E-state index is 11.0. The van der Waals surface area contributed by atoms with E-state index in [4.69, 9.17) is 17.0 Å². The second-order valence-electron chi connectivity index (χ2n) is 4.15. The van der Waals surface area contributed by atoms with Gasteiger partial charge in [0.25, 0.3) is 0 Å². The number of ether oxygens (including phenoxy) is 1. The third-order valence-corrected chi connectivity index (χ3v) is 3.15. The number of rotatable bonds is 5. The van der Waals surface area contributed by atoms with Crippen LogP contribution in [0.25, 0.3) is 11.4 Å². The number of H-pyrrole nitrogens is 1. The Morgan fingerprint density at radius 1 is 1.55 bits per heavy atom. The fourth-order valence-corrected chi connectivity index (χ4v) is 2.16. The zero-order valence-corrected chi connectivity index (χ0v) is 11.9. The molecule has 0 bridgehead atoms. The van der Waals surface area contributed by atoms with Crippen LogP contribution in [0.4, 0.5) is 5.69 Å². The molecule has 0 spiro atoms. The van der Waals surface area contributed by atoms with Gasteiger partial charge in [-0.3, -0.25) is 15.2 Å². The number of nitrogens with one attached hydrogen (secondary N) is 1. The smallest absolute Gasteiger partial charge is 0.311 e. The molecule has 106 valence electrons. The van der Waals surface area contributed by atoms with E-state index >= 15 is 0 Å². The molecule has 8 heteroatoms. The first-order valence-corrected chi connectivity index (χ1v) is 6.47. The lowest BCUT2D eigenvalue weighted by Gasteiger charge is -2.06. The van der Waals surface area contributed by atoms with Gasteiger partial charge in [-0.1, -0.05) is 6.92 Å². The SMILES string of the molecule is CCCn1c(-c2ccc(OC)c([N+](=O)[O-])c2)n[nH]c1=S. The second-order valence-corrected chi connectivity index (χ2v) is 4.53. The molecule has 7 nitrogen and oxygen atoms in total. The van der Waals surface area contributed by atoms with E-state index in [1.807, 2.05) is 11.5 Å². The lowest BCUT2D eigenvalue weighted by atomic mass is 10.1. The fourth-order valence-electron chi connectivity index (χ4n) is 1.94. The molecule has 0 aliphatic heterocycles. The Kier molecular flexibility index (Phi) is 4.14. The van der Waals surface area contributed by atoms with Gasteiger partial charge in [-0.2, -0.15) is 5.10 Å². The molecule has 0 aliphatic carbocycles. The topological polar surface area (TPSA) is 86.0 Å². The summed E-state index contributed by atoms with van der Waals surface area (Å²) in [6, 6.07) is 4.72. The van der Waals surface area contributed by atoms with Crippen molar-refractivity contribution in [3.05, 3.63) is 33.1 Å². The summed E-state index contributed by atoms with van der Waals surface area (Å²) >= 11 is 5.16. The molecule has 1 N–H and O–H groups in total. The summed E-state index contributed by atoms with van der Waals surface area (Å²) in [6.45, 7) is 2.72. The van der Waals surface area contributed by atoms with Crippen molar-refractivity contribution in [1.82, 2.24) is 14.8 Å². The van der Waals surface area contributed by atoms with Gasteiger partial charge in [-0.05, 0) is 30.8 Å². The Balaban J connectivity index is 2.56. The molecule has 0 radical (unpaired) electrons. The molecule has 0 unspecified atom stereocenters. The molecule has 1 aromatic heterocycles. The van der Waals surface area contributed by atoms with Crippen molar-refractivity contribution in [3.8, 4) is 17.1 Å². The monoisotopic (exact) mass is 294 g/mol. The Morgan fingerprint density at radius 2 is 2.30 bits per heavy atom. The molecule has 2 rings (SSSR count). The number of nitro groups is 1. The lowest BCUT2D eigenvalue weighted by molar-refractivity contribution is -0.385. The zero-order valence-electron chi connectivity index (χ0n) is 11.1. The highest BCUT2D eigenvalue weighted by Crippen LogP contribution is 2.31. The number of benzene rings is 1. The van der Waals surface area contributed by atoms with Crippen LogP contribution in [0.15, 0.2) is 18.2 Å². The van der Waals surface area contributed by atoms with E-state index in [9.17, 15) is 10.1 Å². The van der Waals surface area contributed by atoms with Gasteiger partial charge in [0.1, 0.15) is 0 Å². The maximum absolute atomic E-state index is 11.0. The molecule has 0 saturated heterocycles. The van der Waals surface area contributed by atoms with Gasteiger partial charge in [0.2, 0.25) is 0 Å². The standard InChI is InChI=1S/C12H14N4O3S/c1-3-6-15-11(13-14-12(15)20)8-4-5-10(19-2)9(7-8)16(17)18/h4-5,7H,3,6H2,1-2H3,(H,14,20). The average molecular weight is 294 g/mol. The summed E-state index contributed by atoms with van der Waals surface area (Å²) in [7, 11) is 1.40. The summed E-state index contributed by atoms with van der Waals surface area (Å²) in [5.41, 5.74) is 0.528. The minimum Gasteiger partial charge on any atom is -0.490 e. The number of aromatic nitrogens is 3. The van der Waals surface area contributed by atoms with Crippen LogP contribution in [0.1, 0.15) is 13.3 Å². The van der Waals surface area contributed by atoms with Gasteiger partial charge in [-0.15, -0.1) is 0 Å². The summed E-state index contributed by atoms with van der Waals surface area (Å²) in [4.78, 5) is 10.6. The maximum Gasteiger partial charge on any atom is 0.311 e. The second kappa shape index (κ2) is 5.83. The molecular formula is C12H14N4O3S. The van der Waals surface area contributed by atoms with Crippen molar-refractivity contribution in [1.29, 1.82) is 0 Å². The number of methoxy groups -OCH3 is 1. The van der Waals surface area contributed by atoms with E-state index in [2.05, 4.69) is 10.2 Å². The van der Waals surface area contributed by atoms with Gasteiger partial charge in [0, 0.05) is 18.2 Å². The summed E-state index contributed by atoms with van der Waals surface area (Å²) in [6.07, 6.45) is 0.888. The molecule has 2 aromatic rings. The van der Waals surface area contributed by atoms with Crippen molar-refractivity contribution >= 4 is 17.9 Å². The van der Waals surface area contributed by atoms with Crippen molar-refractivity contribution in [2.24, 2.45) is 0 Å². The van der Waals surface area contributed by atoms with Crippen molar-refractivity contribution in [2.75, 3.05) is 7.11 Å². The number of nitrogens with zero attached hydrogens (tertiary/aromatic N) is 3. The van der Waals surface area contributed by atoms with Crippen LogP contribution in [0.5, 0.6) is 5.75 Å². The highest BCUT2D eigenvalue weighted by atomic mass is 32.1. The van der Waals surface area contributed by atoms with Crippen LogP contribution < -0.4 is 4.74 Å². The first-order chi connectivity index (χ1) is 9.58. The zero-order chi connectivity index (χ0) is 14.7. The minimum absolute atomic E-state index is 0.0954. The molecule has 0 aliphatic rings. The van der Waals surface area contributed by atoms with Crippen LogP contribution in [0, 0.1) is 14.9 Å². The molecule has 20 heavy (non-hydrogen) atoms. The fraction of sp³-hybridized carbons (Fsp3) is 0.333. The molecule has 0 amide bonds. The Bertz CT molecular complexity index is 692. The van der Waals surface area contributed by atoms with Crippen LogP contribution in [0.2, 0.25) is 0 Å². The van der Waals surface area contributed by atoms with Crippen molar-refractivity contribution < 1.29 is 9.66 Å². The largest absolute Gasteiger partial charge is 0.490 e. The van der Waals surface area contributed by atoms with Gasteiger partial charge >= 0.3 is 5.69 Å². The Hall–Kier alpha value is -2.22.